The summed E-state index contributed by atoms with van der Waals surface area (Å²) in [6.07, 6.45) is -3.86. The lowest BCUT2D eigenvalue weighted by molar-refractivity contribution is -0.192. The number of alkyl halides is 3. The number of rotatable bonds is 5. The van der Waals surface area contributed by atoms with Crippen LogP contribution in [0, 0.1) is 31.0 Å². The van der Waals surface area contributed by atoms with Crippen molar-refractivity contribution in [2.24, 2.45) is 0 Å². The summed E-state index contributed by atoms with van der Waals surface area (Å²) in [5.41, 5.74) is 5.11. The highest BCUT2D eigenvalue weighted by atomic mass is 19.4. The van der Waals surface area contributed by atoms with Gasteiger partial charge in [0.2, 0.25) is 0 Å². The Morgan fingerprint density at radius 2 is 1.56 bits per heavy atom. The lowest BCUT2D eigenvalue weighted by Crippen LogP contribution is -2.49. The molecule has 45 heavy (non-hydrogen) atoms. The van der Waals surface area contributed by atoms with Gasteiger partial charge in [-0.05, 0) is 49.2 Å². The van der Waals surface area contributed by atoms with Crippen LogP contribution in [0.2, 0.25) is 0 Å². The highest BCUT2D eigenvalue weighted by Gasteiger charge is 2.38. The lowest BCUT2D eigenvalue weighted by Gasteiger charge is -2.37. The third-order valence-corrected chi connectivity index (χ3v) is 7.67. The number of nitrogens with zero attached hydrogens (tertiary/aromatic N) is 7. The minimum absolute atomic E-state index is 0.0478. The van der Waals surface area contributed by atoms with E-state index in [0.717, 1.165) is 54.5 Å². The summed E-state index contributed by atoms with van der Waals surface area (Å²) >= 11 is 0. The Bertz CT molecular complexity index is 1540. The summed E-state index contributed by atoms with van der Waals surface area (Å²) in [5, 5.41) is 16.6. The highest BCUT2D eigenvalue weighted by molar-refractivity contribution is 5.94. The molecule has 2 fully saturated rings. The van der Waals surface area contributed by atoms with Crippen molar-refractivity contribution in [3.63, 3.8) is 0 Å². The smallest absolute Gasteiger partial charge is 0.475 e. The van der Waals surface area contributed by atoms with E-state index in [4.69, 9.17) is 14.9 Å². The number of pyridine rings is 2. The number of para-hydroxylation sites is 1. The van der Waals surface area contributed by atoms with Crippen molar-refractivity contribution in [2.45, 2.75) is 26.6 Å². The molecule has 14 heteroatoms. The SMILES string of the molecule is Cc1cc(C)c(C(=O)N2CCN(c3ccc(F)cn3)CC2)nc1CN1CCN(c2ccccc2C#N)CC1.O=C(O)C(F)(F)F. The molecule has 0 atom stereocenters. The van der Waals surface area contributed by atoms with Crippen LogP contribution in [-0.2, 0) is 11.3 Å². The Morgan fingerprint density at radius 3 is 2.13 bits per heavy atom. The molecule has 0 aliphatic carbocycles. The number of carboxylic acids is 1. The number of piperazine rings is 2. The minimum atomic E-state index is -5.08. The van der Waals surface area contributed by atoms with Crippen LogP contribution in [-0.4, -0.2) is 95.3 Å². The Morgan fingerprint density at radius 1 is 0.933 bits per heavy atom. The molecule has 5 rings (SSSR count). The van der Waals surface area contributed by atoms with Crippen LogP contribution in [0.25, 0.3) is 0 Å². The Labute approximate surface area is 258 Å². The number of anilines is 2. The van der Waals surface area contributed by atoms with Crippen LogP contribution in [0.15, 0.2) is 48.7 Å². The third kappa shape index (κ3) is 8.45. The van der Waals surface area contributed by atoms with Crippen LogP contribution < -0.4 is 9.80 Å². The van der Waals surface area contributed by atoms with E-state index < -0.39 is 12.1 Å². The number of aryl methyl sites for hydroxylation is 2. The van der Waals surface area contributed by atoms with Gasteiger partial charge in [-0.2, -0.15) is 18.4 Å². The van der Waals surface area contributed by atoms with Gasteiger partial charge in [-0.15, -0.1) is 0 Å². The standard InChI is InChI=1S/C29H32FN7O.C2HF3O2/c1-21-17-22(2)28(29(38)37-15-13-36(14-16-37)27-8-7-24(30)19-32-27)33-25(21)20-34-9-11-35(12-10-34)26-6-4-3-5-23(26)18-31;3-2(4,5)1(6)7/h3-8,17,19H,9-16,20H2,1-2H3;(H,6,7). The van der Waals surface area contributed by atoms with Gasteiger partial charge in [0.25, 0.3) is 5.91 Å². The van der Waals surface area contributed by atoms with Crippen molar-refractivity contribution in [3.05, 3.63) is 82.6 Å². The van der Waals surface area contributed by atoms with E-state index in [1.807, 2.05) is 36.1 Å². The third-order valence-electron chi connectivity index (χ3n) is 7.67. The predicted octanol–water partition coefficient (Wildman–Crippen LogP) is 4.02. The molecule has 0 unspecified atom stereocenters. The van der Waals surface area contributed by atoms with Crippen molar-refractivity contribution in [1.29, 1.82) is 5.26 Å². The zero-order valence-electron chi connectivity index (χ0n) is 24.9. The zero-order valence-corrected chi connectivity index (χ0v) is 24.9. The van der Waals surface area contributed by atoms with Gasteiger partial charge in [-0.25, -0.2) is 19.2 Å². The molecule has 1 N–H and O–H groups in total. The van der Waals surface area contributed by atoms with E-state index in [2.05, 4.69) is 38.7 Å². The number of hydrogen-bond acceptors (Lipinski definition) is 8. The molecule has 2 aliphatic heterocycles. The molecule has 3 aromatic rings. The fourth-order valence-corrected chi connectivity index (χ4v) is 5.21. The number of carbonyl (C=O) groups is 2. The fourth-order valence-electron chi connectivity index (χ4n) is 5.21. The van der Waals surface area contributed by atoms with Crippen molar-refractivity contribution < 1.29 is 32.3 Å². The van der Waals surface area contributed by atoms with E-state index in [1.165, 1.54) is 12.3 Å². The Hall–Kier alpha value is -4.77. The average molecular weight is 628 g/mol. The first-order valence-corrected chi connectivity index (χ1v) is 14.3. The van der Waals surface area contributed by atoms with Gasteiger partial charge in [0.15, 0.2) is 0 Å². The molecule has 2 saturated heterocycles. The van der Waals surface area contributed by atoms with Crippen molar-refractivity contribution in [3.8, 4) is 6.07 Å². The van der Waals surface area contributed by atoms with E-state index in [1.54, 1.807) is 6.07 Å². The topological polar surface area (TPSA) is 117 Å². The normalized spacial score (nSPS) is 15.6. The van der Waals surface area contributed by atoms with Gasteiger partial charge in [-0.3, -0.25) is 9.69 Å². The number of aromatic nitrogens is 2. The lowest BCUT2D eigenvalue weighted by atomic mass is 10.1. The summed E-state index contributed by atoms with van der Waals surface area (Å²) in [5.74, 6) is -2.44. The van der Waals surface area contributed by atoms with E-state index in [9.17, 15) is 27.6 Å². The molecule has 238 valence electrons. The summed E-state index contributed by atoms with van der Waals surface area (Å²) in [4.78, 5) is 39.9. The molecule has 1 aromatic carbocycles. The van der Waals surface area contributed by atoms with Gasteiger partial charge in [0.05, 0.1) is 23.1 Å². The number of carbonyl (C=O) groups excluding carboxylic acids is 1. The molecular formula is C31H33F4N7O3. The second-order valence-corrected chi connectivity index (χ2v) is 10.7. The van der Waals surface area contributed by atoms with Crippen LogP contribution in [0.5, 0.6) is 0 Å². The first kappa shape index (κ1) is 33.1. The van der Waals surface area contributed by atoms with Crippen LogP contribution in [0.1, 0.15) is 32.9 Å². The minimum Gasteiger partial charge on any atom is -0.475 e. The highest BCUT2D eigenvalue weighted by Crippen LogP contribution is 2.23. The van der Waals surface area contributed by atoms with Crippen LogP contribution >= 0.6 is 0 Å². The molecule has 10 nitrogen and oxygen atoms in total. The molecule has 0 saturated carbocycles. The number of carboxylic acid groups (broad SMARTS) is 1. The Kier molecular flexibility index (Phi) is 10.6. The summed E-state index contributed by atoms with van der Waals surface area (Å²) in [6.45, 7) is 10.5. The van der Waals surface area contributed by atoms with E-state index >= 15 is 0 Å². The van der Waals surface area contributed by atoms with E-state index in [-0.39, 0.29) is 11.7 Å². The second kappa shape index (κ2) is 14.3. The first-order valence-electron chi connectivity index (χ1n) is 14.3. The molecule has 1 amide bonds. The molecule has 0 radical (unpaired) electrons. The van der Waals surface area contributed by atoms with Crippen molar-refractivity contribution in [1.82, 2.24) is 19.8 Å². The number of aliphatic carboxylic acids is 1. The largest absolute Gasteiger partial charge is 0.490 e. The number of benzene rings is 1. The quantitative estimate of drug-likeness (QED) is 0.419. The Balaban J connectivity index is 0.000000591. The number of amides is 1. The summed E-state index contributed by atoms with van der Waals surface area (Å²) in [7, 11) is 0. The first-order chi connectivity index (χ1) is 21.4. The van der Waals surface area contributed by atoms with Crippen molar-refractivity contribution in [2.75, 3.05) is 62.2 Å². The molecule has 0 bridgehead atoms. The second-order valence-electron chi connectivity index (χ2n) is 10.7. The number of hydrogen-bond donors (Lipinski definition) is 1. The summed E-state index contributed by atoms with van der Waals surface area (Å²) < 4.78 is 45.0. The number of nitriles is 1. The van der Waals surface area contributed by atoms with Crippen LogP contribution in [0.4, 0.5) is 29.1 Å². The molecule has 0 spiro atoms. The van der Waals surface area contributed by atoms with Gasteiger partial charge in [0, 0.05) is 58.9 Å². The molecule has 4 heterocycles. The number of halogens is 4. The van der Waals surface area contributed by atoms with Gasteiger partial charge >= 0.3 is 12.1 Å². The van der Waals surface area contributed by atoms with Crippen LogP contribution in [0.3, 0.4) is 0 Å². The monoisotopic (exact) mass is 627 g/mol. The maximum Gasteiger partial charge on any atom is 0.490 e. The average Bonchev–Trinajstić information content (AvgIpc) is 3.02. The van der Waals surface area contributed by atoms with E-state index in [0.29, 0.717) is 44.0 Å². The summed E-state index contributed by atoms with van der Waals surface area (Å²) in [6, 6.07) is 15.2. The van der Waals surface area contributed by atoms with Crippen molar-refractivity contribution >= 4 is 23.4 Å². The maximum atomic E-state index is 13.5. The molecule has 2 aromatic heterocycles. The fraction of sp³-hybridized carbons (Fsp3) is 0.387. The predicted molar refractivity (Wildman–Crippen MR) is 158 cm³/mol. The van der Waals surface area contributed by atoms with Gasteiger partial charge in [-0.1, -0.05) is 18.2 Å². The molecule has 2 aliphatic rings. The maximum absolute atomic E-state index is 13.5. The van der Waals surface area contributed by atoms with Gasteiger partial charge < -0.3 is 19.8 Å². The van der Waals surface area contributed by atoms with Gasteiger partial charge in [0.1, 0.15) is 23.4 Å². The molecular weight excluding hydrogens is 594 g/mol. The zero-order chi connectivity index (χ0) is 32.7.